The van der Waals surface area contributed by atoms with Crippen LogP contribution in [0, 0.1) is 11.6 Å². The predicted molar refractivity (Wildman–Crippen MR) is 300 cm³/mol. The van der Waals surface area contributed by atoms with Gasteiger partial charge in [0.2, 0.25) is 0 Å². The van der Waals surface area contributed by atoms with E-state index in [2.05, 4.69) is 29.9 Å². The van der Waals surface area contributed by atoms with E-state index in [-0.39, 0.29) is 75.2 Å². The summed E-state index contributed by atoms with van der Waals surface area (Å²) >= 11 is 25.4. The van der Waals surface area contributed by atoms with Crippen LogP contribution < -0.4 is 30.7 Å². The van der Waals surface area contributed by atoms with Crippen LogP contribution in [0.5, 0.6) is 23.0 Å². The molecule has 8 aromatic rings. The SMILES string of the molecule is COCN(c1cccnn1)S(=O)(=O)c1cc(Cl)c(Oc2ccc(Cl)cc2-c2cn(C3CCCCO3)nc2N)cc1F.COCn1ncccc1=NS(=O)(=O)c1cc(Cl)c(Oc2ccc(Cl)cc2-c2cn(C3CCCCO3)nc2N)cc1F. The van der Waals surface area contributed by atoms with Crippen LogP contribution in [0.1, 0.15) is 51.0 Å². The number of hydrogen-bond donors (Lipinski definition) is 2. The molecule has 2 unspecified atom stereocenters. The first-order valence-corrected chi connectivity index (χ1v) is 29.2. The first-order chi connectivity index (χ1) is 39.3. The molecule has 4 aromatic heterocycles. The van der Waals surface area contributed by atoms with Crippen molar-refractivity contribution in [1.29, 1.82) is 0 Å². The molecule has 0 aliphatic carbocycles. The maximum absolute atomic E-state index is 15.4. The zero-order valence-corrected chi connectivity index (χ0v) is 48.1. The molecule has 10 rings (SSSR count). The minimum atomic E-state index is -4.53. The number of nitrogen functional groups attached to an aromatic ring is 2. The molecule has 2 saturated heterocycles. The number of nitrogens with zero attached hydrogens (tertiary/aromatic N) is 10. The Bertz CT molecular complexity index is 3910. The quantitative estimate of drug-likeness (QED) is 0.0802. The van der Waals surface area contributed by atoms with Crippen LogP contribution in [0.4, 0.5) is 26.2 Å². The summed E-state index contributed by atoms with van der Waals surface area (Å²) in [7, 11) is -6.32. The summed E-state index contributed by atoms with van der Waals surface area (Å²) in [6.07, 6.45) is 11.3. The van der Waals surface area contributed by atoms with Crippen LogP contribution in [0.3, 0.4) is 0 Å². The van der Waals surface area contributed by atoms with Crippen molar-refractivity contribution in [3.63, 3.8) is 0 Å². The van der Waals surface area contributed by atoms with Crippen molar-refractivity contribution in [3.05, 3.63) is 147 Å². The molecule has 0 amide bonds. The second kappa shape index (κ2) is 26.1. The molecule has 0 spiro atoms. The first kappa shape index (κ1) is 59.6. The summed E-state index contributed by atoms with van der Waals surface area (Å²) in [6.45, 7) is 0.754. The van der Waals surface area contributed by atoms with Gasteiger partial charge < -0.3 is 39.9 Å². The molecular formula is C52H50Cl4F2N12O10S2. The minimum Gasteiger partial charge on any atom is -0.455 e. The fourth-order valence-corrected chi connectivity index (χ4v) is 11.9. The molecule has 0 saturated carbocycles. The van der Waals surface area contributed by atoms with E-state index in [1.807, 2.05) is 0 Å². The predicted octanol–water partition coefficient (Wildman–Crippen LogP) is 10.8. The summed E-state index contributed by atoms with van der Waals surface area (Å²) in [4.78, 5) is -1.44. The van der Waals surface area contributed by atoms with Crippen LogP contribution in [0.15, 0.2) is 124 Å². The molecular weight excluding hydrogens is 1200 g/mol. The number of aromatic nitrogens is 8. The Morgan fingerprint density at radius 1 is 0.671 bits per heavy atom. The molecule has 2 aliphatic heterocycles. The van der Waals surface area contributed by atoms with Gasteiger partial charge in [-0.3, -0.25) is 0 Å². The highest BCUT2D eigenvalue weighted by Crippen LogP contribution is 2.44. The first-order valence-electron chi connectivity index (χ1n) is 24.8. The number of ether oxygens (including phenoxy) is 6. The van der Waals surface area contributed by atoms with Gasteiger partial charge in [0.25, 0.3) is 20.0 Å². The smallest absolute Gasteiger partial charge is 0.287 e. The molecule has 4 N–H and O–H groups in total. The fourth-order valence-electron chi connectivity index (χ4n) is 8.58. The van der Waals surface area contributed by atoms with E-state index >= 15 is 8.78 Å². The molecule has 2 fully saturated rings. The Balaban J connectivity index is 0.000000198. The molecule has 6 heterocycles. The molecule has 4 aromatic carbocycles. The number of benzene rings is 4. The molecule has 0 radical (unpaired) electrons. The van der Waals surface area contributed by atoms with Crippen LogP contribution in [-0.2, 0) is 45.7 Å². The van der Waals surface area contributed by atoms with E-state index in [0.717, 1.165) is 67.1 Å². The van der Waals surface area contributed by atoms with Crippen molar-refractivity contribution >= 4 is 83.9 Å². The maximum Gasteiger partial charge on any atom is 0.287 e. The normalized spacial score (nSPS) is 15.9. The second-order valence-corrected chi connectivity index (χ2v) is 23.2. The van der Waals surface area contributed by atoms with Gasteiger partial charge in [-0.25, -0.2) is 35.5 Å². The summed E-state index contributed by atoms with van der Waals surface area (Å²) in [5, 5.41) is 20.7. The second-order valence-electron chi connectivity index (χ2n) is 18.1. The lowest BCUT2D eigenvalue weighted by Crippen LogP contribution is -2.34. The van der Waals surface area contributed by atoms with Gasteiger partial charge in [0.15, 0.2) is 22.9 Å². The summed E-state index contributed by atoms with van der Waals surface area (Å²) in [6, 6.07) is 19.0. The topological polar surface area (TPSA) is 271 Å². The molecule has 30 heteroatoms. The molecule has 0 bridgehead atoms. The molecule has 2 aliphatic rings. The summed E-state index contributed by atoms with van der Waals surface area (Å²) in [5.41, 5.74) is 14.4. The van der Waals surface area contributed by atoms with Gasteiger partial charge in [-0.15, -0.1) is 9.50 Å². The largest absolute Gasteiger partial charge is 0.455 e. The Morgan fingerprint density at radius 3 is 1.71 bits per heavy atom. The highest BCUT2D eigenvalue weighted by Gasteiger charge is 2.32. The van der Waals surface area contributed by atoms with Crippen LogP contribution in [-0.4, -0.2) is 90.5 Å². The van der Waals surface area contributed by atoms with Crippen molar-refractivity contribution < 1.29 is 54.0 Å². The lowest BCUT2D eigenvalue weighted by molar-refractivity contribution is -0.0393. The van der Waals surface area contributed by atoms with E-state index in [4.69, 9.17) is 86.3 Å². The number of anilines is 3. The van der Waals surface area contributed by atoms with Crippen LogP contribution in [0.2, 0.25) is 20.1 Å². The third-order valence-corrected chi connectivity index (χ3v) is 16.6. The van der Waals surface area contributed by atoms with E-state index in [9.17, 15) is 16.8 Å². The van der Waals surface area contributed by atoms with Crippen molar-refractivity contribution in [3.8, 4) is 45.3 Å². The average Bonchev–Trinajstić information content (AvgIpc) is 3.77. The Morgan fingerprint density at radius 2 is 1.21 bits per heavy atom. The van der Waals surface area contributed by atoms with E-state index in [1.165, 1.54) is 55.6 Å². The Hall–Kier alpha value is -6.98. The van der Waals surface area contributed by atoms with Crippen LogP contribution in [0.25, 0.3) is 22.3 Å². The van der Waals surface area contributed by atoms with E-state index in [0.29, 0.717) is 45.5 Å². The summed E-state index contributed by atoms with van der Waals surface area (Å²) < 4.78 is 126. The number of halogens is 6. The molecule has 22 nitrogen and oxygen atoms in total. The Kier molecular flexibility index (Phi) is 19.0. The van der Waals surface area contributed by atoms with E-state index in [1.54, 1.807) is 58.2 Å². The number of sulfonamides is 2. The standard InChI is InChI=1S/2C26H25Cl2FN6O5S/c1-38-15-35-24(5-4-9-31-35)33-41(36,37)23-12-19(28)22(13-20(23)29)40-21-8-7-16(27)11-17(21)18-14-34(32-26(18)30)25-6-2-3-10-39-25;1-38-15-35(24-5-4-9-31-32-24)41(36,37)23-12-19(28)22(13-20(23)29)40-21-8-7-16(27)11-17(21)18-14-34(33-26(18)30)25-6-2-3-10-39-25/h4-5,7-9,11-14,25H,2-3,6,10,15H2,1H3,(H2,30,32);4-5,7-9,11-14,25H,2-3,6,10,15H2,1H3,(H2,30,33). The zero-order chi connectivity index (χ0) is 58.3. The average molecular weight is 1250 g/mol. The summed E-state index contributed by atoms with van der Waals surface area (Å²) in [5.74, 6) is -1.65. The third kappa shape index (κ3) is 13.6. The lowest BCUT2D eigenvalue weighted by Gasteiger charge is -2.22. The van der Waals surface area contributed by atoms with Gasteiger partial charge in [0.1, 0.15) is 70.3 Å². The zero-order valence-electron chi connectivity index (χ0n) is 43.4. The van der Waals surface area contributed by atoms with Gasteiger partial charge in [-0.2, -0.15) is 28.8 Å². The number of nitrogens with two attached hydrogens (primary N) is 2. The highest BCUT2D eigenvalue weighted by molar-refractivity contribution is 7.92. The van der Waals surface area contributed by atoms with Crippen LogP contribution >= 0.6 is 46.4 Å². The fraction of sp³-hybridized carbons (Fsp3) is 0.269. The third-order valence-electron chi connectivity index (χ3n) is 12.5. The van der Waals surface area contributed by atoms with Crippen molar-refractivity contribution in [2.75, 3.05) is 49.9 Å². The number of hydrogen-bond acceptors (Lipinski definition) is 17. The highest BCUT2D eigenvalue weighted by atomic mass is 35.5. The van der Waals surface area contributed by atoms with Gasteiger partial charge in [0.05, 0.1) is 10.0 Å². The van der Waals surface area contributed by atoms with Gasteiger partial charge in [-0.1, -0.05) is 46.4 Å². The van der Waals surface area contributed by atoms with Gasteiger partial charge in [-0.05, 0) is 111 Å². The number of rotatable bonds is 17. The van der Waals surface area contributed by atoms with Gasteiger partial charge in [0, 0.05) is 96.7 Å². The molecule has 432 valence electrons. The number of methoxy groups -OCH3 is 2. The minimum absolute atomic E-state index is 0.0623. The lowest BCUT2D eigenvalue weighted by atomic mass is 10.1. The Labute approximate surface area is 488 Å². The monoisotopic (exact) mass is 1240 g/mol. The van der Waals surface area contributed by atoms with Crippen molar-refractivity contribution in [2.45, 2.75) is 67.5 Å². The van der Waals surface area contributed by atoms with E-state index < -0.39 is 48.2 Å². The maximum atomic E-state index is 15.4. The van der Waals surface area contributed by atoms with Gasteiger partial charge >= 0.3 is 0 Å². The van der Waals surface area contributed by atoms with Crippen molar-refractivity contribution in [1.82, 2.24) is 39.5 Å². The molecule has 2 atom stereocenters. The van der Waals surface area contributed by atoms with Crippen molar-refractivity contribution in [2.24, 2.45) is 4.40 Å². The molecule has 82 heavy (non-hydrogen) atoms.